The lowest BCUT2D eigenvalue weighted by Gasteiger charge is -2.29. The number of aliphatic hydroxyl groups is 1. The maximum absolute atomic E-state index is 11.0. The Morgan fingerprint density at radius 1 is 1.36 bits per heavy atom. The molecule has 0 aliphatic rings. The summed E-state index contributed by atoms with van der Waals surface area (Å²) in [6.07, 6.45) is 1.27. The van der Waals surface area contributed by atoms with Gasteiger partial charge in [0.25, 0.3) is 0 Å². The normalized spacial score (nSPS) is 11.1. The van der Waals surface area contributed by atoms with Gasteiger partial charge in [-0.1, -0.05) is 13.8 Å². The van der Waals surface area contributed by atoms with Gasteiger partial charge in [0.15, 0.2) is 0 Å². The number of amides is 1. The number of hydrogen-bond acceptors (Lipinski definition) is 3. The van der Waals surface area contributed by atoms with Crippen LogP contribution < -0.4 is 5.32 Å². The molecule has 0 radical (unpaired) electrons. The van der Waals surface area contributed by atoms with E-state index in [1.165, 1.54) is 0 Å². The third-order valence-electron chi connectivity index (χ3n) is 2.72. The van der Waals surface area contributed by atoms with E-state index in [1.807, 2.05) is 13.8 Å². The number of alkyl carbamates (subject to hydrolysis) is 1. The van der Waals surface area contributed by atoms with E-state index >= 15 is 0 Å². The van der Waals surface area contributed by atoms with Gasteiger partial charge in [-0.3, -0.25) is 0 Å². The maximum Gasteiger partial charge on any atom is 0.407 e. The highest BCUT2D eigenvalue weighted by atomic mass is 16.5. The summed E-state index contributed by atoms with van der Waals surface area (Å²) in [4.78, 5) is 11.0. The van der Waals surface area contributed by atoms with Crippen molar-refractivity contribution < 1.29 is 14.6 Å². The lowest BCUT2D eigenvalue weighted by Crippen LogP contribution is -2.39. The van der Waals surface area contributed by atoms with Crippen molar-refractivity contribution in [1.82, 2.24) is 5.32 Å². The van der Waals surface area contributed by atoms with Crippen LogP contribution in [0.2, 0.25) is 0 Å². The topological polar surface area (TPSA) is 58.6 Å². The second-order valence-electron chi connectivity index (χ2n) is 3.44. The molecule has 0 aliphatic carbocycles. The Kier molecular flexibility index (Phi) is 6.28. The van der Waals surface area contributed by atoms with Gasteiger partial charge >= 0.3 is 6.09 Å². The maximum atomic E-state index is 11.0. The first kappa shape index (κ1) is 13.2. The van der Waals surface area contributed by atoms with Crippen molar-refractivity contribution in [3.63, 3.8) is 0 Å². The van der Waals surface area contributed by atoms with Gasteiger partial charge in [-0.2, -0.15) is 0 Å². The van der Waals surface area contributed by atoms with Crippen molar-refractivity contribution >= 4 is 6.09 Å². The summed E-state index contributed by atoms with van der Waals surface area (Å²) in [5, 5.41) is 11.9. The zero-order valence-electron chi connectivity index (χ0n) is 9.30. The lowest BCUT2D eigenvalue weighted by molar-refractivity contribution is 0.103. The highest BCUT2D eigenvalue weighted by molar-refractivity contribution is 5.67. The van der Waals surface area contributed by atoms with Crippen LogP contribution in [0.3, 0.4) is 0 Å². The SMILES string of the molecule is CCOC(=O)NCC(CC)(CC)CO. The zero-order valence-corrected chi connectivity index (χ0v) is 9.30. The van der Waals surface area contributed by atoms with Crippen molar-refractivity contribution in [3.8, 4) is 0 Å². The van der Waals surface area contributed by atoms with Crippen LogP contribution in [0.25, 0.3) is 0 Å². The van der Waals surface area contributed by atoms with Crippen molar-refractivity contribution in [1.29, 1.82) is 0 Å². The van der Waals surface area contributed by atoms with Gasteiger partial charge in [-0.25, -0.2) is 4.79 Å². The molecule has 0 aromatic rings. The largest absolute Gasteiger partial charge is 0.450 e. The van der Waals surface area contributed by atoms with Gasteiger partial charge in [0.2, 0.25) is 0 Å². The molecule has 0 fully saturated rings. The van der Waals surface area contributed by atoms with Gasteiger partial charge in [-0.05, 0) is 19.8 Å². The molecule has 1 amide bonds. The second-order valence-corrected chi connectivity index (χ2v) is 3.44. The van der Waals surface area contributed by atoms with Crippen LogP contribution in [0, 0.1) is 5.41 Å². The minimum Gasteiger partial charge on any atom is -0.450 e. The molecule has 0 bridgehead atoms. The van der Waals surface area contributed by atoms with E-state index < -0.39 is 6.09 Å². The van der Waals surface area contributed by atoms with E-state index in [2.05, 4.69) is 5.32 Å². The van der Waals surface area contributed by atoms with E-state index in [9.17, 15) is 9.90 Å². The predicted octanol–water partition coefficient (Wildman–Crippen LogP) is 1.53. The summed E-state index contributed by atoms with van der Waals surface area (Å²) < 4.78 is 4.74. The summed E-state index contributed by atoms with van der Waals surface area (Å²) in [6.45, 7) is 6.70. The van der Waals surface area contributed by atoms with Crippen LogP contribution in [0.15, 0.2) is 0 Å². The quantitative estimate of drug-likeness (QED) is 0.688. The lowest BCUT2D eigenvalue weighted by atomic mass is 9.83. The zero-order chi connectivity index (χ0) is 11.0. The van der Waals surface area contributed by atoms with Gasteiger partial charge < -0.3 is 15.2 Å². The molecule has 0 aliphatic heterocycles. The van der Waals surface area contributed by atoms with E-state index in [-0.39, 0.29) is 12.0 Å². The summed E-state index contributed by atoms with van der Waals surface area (Å²) in [5.74, 6) is 0. The van der Waals surface area contributed by atoms with Gasteiger partial charge in [0, 0.05) is 12.0 Å². The van der Waals surface area contributed by atoms with Crippen molar-refractivity contribution in [2.75, 3.05) is 19.8 Å². The average molecular weight is 203 g/mol. The summed E-state index contributed by atoms with van der Waals surface area (Å²) in [7, 11) is 0. The molecule has 0 saturated heterocycles. The van der Waals surface area contributed by atoms with Crippen molar-refractivity contribution in [2.24, 2.45) is 5.41 Å². The smallest absolute Gasteiger partial charge is 0.407 e. The molecule has 14 heavy (non-hydrogen) atoms. The Labute approximate surface area is 85.6 Å². The molecule has 4 heteroatoms. The van der Waals surface area contributed by atoms with Gasteiger partial charge in [0.1, 0.15) is 0 Å². The monoisotopic (exact) mass is 203 g/mol. The summed E-state index contributed by atoms with van der Waals surface area (Å²) in [6, 6.07) is 0. The van der Waals surface area contributed by atoms with Gasteiger partial charge in [0.05, 0.1) is 13.2 Å². The van der Waals surface area contributed by atoms with Crippen LogP contribution in [0.5, 0.6) is 0 Å². The number of carbonyl (C=O) groups excluding carboxylic acids is 1. The van der Waals surface area contributed by atoms with Crippen LogP contribution in [-0.2, 0) is 4.74 Å². The van der Waals surface area contributed by atoms with Crippen LogP contribution in [-0.4, -0.2) is 31.0 Å². The Hall–Kier alpha value is -0.770. The molecule has 0 unspecified atom stereocenters. The van der Waals surface area contributed by atoms with Crippen LogP contribution >= 0.6 is 0 Å². The molecular weight excluding hydrogens is 182 g/mol. The first-order chi connectivity index (χ1) is 6.64. The third-order valence-corrected chi connectivity index (χ3v) is 2.72. The minimum absolute atomic E-state index is 0.0897. The standard InChI is InChI=1S/C10H21NO3/c1-4-10(5-2,8-12)7-11-9(13)14-6-3/h12H,4-8H2,1-3H3,(H,11,13). The molecule has 0 saturated carbocycles. The Morgan fingerprint density at radius 2 is 1.93 bits per heavy atom. The number of nitrogens with one attached hydrogen (secondary N) is 1. The van der Waals surface area contributed by atoms with E-state index in [0.29, 0.717) is 13.2 Å². The van der Waals surface area contributed by atoms with Gasteiger partial charge in [-0.15, -0.1) is 0 Å². The number of ether oxygens (including phenoxy) is 1. The second kappa shape index (κ2) is 6.65. The van der Waals surface area contributed by atoms with E-state index in [0.717, 1.165) is 12.8 Å². The third kappa shape index (κ3) is 3.96. The predicted molar refractivity (Wildman–Crippen MR) is 55.1 cm³/mol. The Balaban J connectivity index is 3.99. The first-order valence-electron chi connectivity index (χ1n) is 5.15. The number of carbonyl (C=O) groups is 1. The fraction of sp³-hybridized carbons (Fsp3) is 0.900. The summed E-state index contributed by atoms with van der Waals surface area (Å²) >= 11 is 0. The molecule has 4 nitrogen and oxygen atoms in total. The molecule has 0 aromatic carbocycles. The molecule has 84 valence electrons. The Morgan fingerprint density at radius 3 is 2.29 bits per heavy atom. The molecule has 0 rings (SSSR count). The van der Waals surface area contributed by atoms with Crippen molar-refractivity contribution in [2.45, 2.75) is 33.6 Å². The minimum atomic E-state index is -0.410. The van der Waals surface area contributed by atoms with Crippen LogP contribution in [0.1, 0.15) is 33.6 Å². The molecule has 0 spiro atoms. The fourth-order valence-corrected chi connectivity index (χ4v) is 1.22. The fourth-order valence-electron chi connectivity index (χ4n) is 1.22. The number of rotatable bonds is 6. The molecular formula is C10H21NO3. The number of aliphatic hydroxyl groups excluding tert-OH is 1. The summed E-state index contributed by atoms with van der Waals surface area (Å²) in [5.41, 5.74) is -0.202. The average Bonchev–Trinajstić information content (AvgIpc) is 2.21. The van der Waals surface area contributed by atoms with E-state index in [4.69, 9.17) is 4.74 Å². The van der Waals surface area contributed by atoms with Crippen LogP contribution in [0.4, 0.5) is 4.79 Å². The van der Waals surface area contributed by atoms with E-state index in [1.54, 1.807) is 6.92 Å². The molecule has 0 aromatic heterocycles. The molecule has 2 N–H and O–H groups in total. The Bertz CT molecular complexity index is 158. The first-order valence-corrected chi connectivity index (χ1v) is 5.15. The highest BCUT2D eigenvalue weighted by Gasteiger charge is 2.25. The van der Waals surface area contributed by atoms with Crippen molar-refractivity contribution in [3.05, 3.63) is 0 Å². The number of hydrogen-bond donors (Lipinski definition) is 2. The molecule has 0 heterocycles. The highest BCUT2D eigenvalue weighted by Crippen LogP contribution is 2.24. The molecule has 0 atom stereocenters.